The maximum atomic E-state index is 12.4. The number of thiophene rings is 1. The summed E-state index contributed by atoms with van der Waals surface area (Å²) in [6.45, 7) is 0.779. The summed E-state index contributed by atoms with van der Waals surface area (Å²) in [5, 5.41) is 10.4. The summed E-state index contributed by atoms with van der Waals surface area (Å²) in [5.41, 5.74) is 1.20. The van der Waals surface area contributed by atoms with Gasteiger partial charge in [-0.15, -0.1) is 21.5 Å². The van der Waals surface area contributed by atoms with Gasteiger partial charge in [0.15, 0.2) is 23.9 Å². The number of carbonyl (C=O) groups excluding carboxylic acids is 1. The minimum absolute atomic E-state index is 0.0133. The highest BCUT2D eigenvalue weighted by Crippen LogP contribution is 2.38. The number of aromatic nitrogens is 4. The van der Waals surface area contributed by atoms with Gasteiger partial charge in [-0.05, 0) is 29.1 Å². The summed E-state index contributed by atoms with van der Waals surface area (Å²) >= 11 is 7.56. The first-order valence-corrected chi connectivity index (χ1v) is 10.3. The van der Waals surface area contributed by atoms with Crippen molar-refractivity contribution in [3.8, 4) is 11.5 Å². The van der Waals surface area contributed by atoms with E-state index in [9.17, 15) is 9.59 Å². The molecule has 9 nitrogen and oxygen atoms in total. The number of carbonyl (C=O) groups is 1. The minimum Gasteiger partial charge on any atom is -0.486 e. The molecule has 0 saturated carbocycles. The molecule has 30 heavy (non-hydrogen) atoms. The van der Waals surface area contributed by atoms with Crippen LogP contribution in [0.4, 0.5) is 0 Å². The van der Waals surface area contributed by atoms with E-state index in [0.717, 1.165) is 0 Å². The lowest BCUT2D eigenvalue weighted by Crippen LogP contribution is -2.19. The van der Waals surface area contributed by atoms with Crippen LogP contribution < -0.4 is 15.0 Å². The van der Waals surface area contributed by atoms with Crippen molar-refractivity contribution in [2.75, 3.05) is 13.2 Å². The second-order valence-electron chi connectivity index (χ2n) is 6.69. The average Bonchev–Trinajstić information content (AvgIpc) is 3.37. The lowest BCUT2D eigenvalue weighted by Gasteiger charge is -2.20. The van der Waals surface area contributed by atoms with E-state index in [1.807, 2.05) is 11.4 Å². The van der Waals surface area contributed by atoms with E-state index in [0.29, 0.717) is 57.1 Å². The molecule has 5 rings (SSSR count). The summed E-state index contributed by atoms with van der Waals surface area (Å²) in [6, 6.07) is 5.20. The first-order chi connectivity index (χ1) is 14.5. The van der Waals surface area contributed by atoms with Crippen LogP contribution in [0.15, 0.2) is 28.4 Å². The molecule has 0 spiro atoms. The van der Waals surface area contributed by atoms with Crippen molar-refractivity contribution in [2.24, 2.45) is 7.05 Å². The maximum absolute atomic E-state index is 12.4. The molecule has 1 aliphatic heterocycles. The molecule has 0 atom stereocenters. The van der Waals surface area contributed by atoms with Crippen LogP contribution in [0.1, 0.15) is 11.4 Å². The van der Waals surface area contributed by atoms with Crippen LogP contribution in [0, 0.1) is 0 Å². The predicted molar refractivity (Wildman–Crippen MR) is 110 cm³/mol. The van der Waals surface area contributed by atoms with Crippen LogP contribution in [0.2, 0.25) is 5.02 Å². The molecule has 11 heteroatoms. The average molecular weight is 447 g/mol. The number of hydrogen-bond acceptors (Lipinski definition) is 8. The summed E-state index contributed by atoms with van der Waals surface area (Å²) in [4.78, 5) is 24.8. The van der Waals surface area contributed by atoms with Crippen LogP contribution >= 0.6 is 22.9 Å². The molecule has 0 bridgehead atoms. The molecule has 4 heterocycles. The highest BCUT2D eigenvalue weighted by Gasteiger charge is 2.19. The third-order valence-corrected chi connectivity index (χ3v) is 5.94. The van der Waals surface area contributed by atoms with Gasteiger partial charge >= 0.3 is 5.97 Å². The van der Waals surface area contributed by atoms with Gasteiger partial charge in [0.05, 0.1) is 17.0 Å². The number of aryl methyl sites for hydroxylation is 1. The smallest absolute Gasteiger partial charge is 0.310 e. The standard InChI is InChI=1S/C19H15ClN4O5S/c1-23-18(26)17-12(2-5-30-17)24-14(21-22-19(23)24)9-29-15(25)8-10-6-11(20)16-13(7-10)27-3-4-28-16/h2,5-7H,3-4,8-9H2,1H3. The molecule has 3 aromatic heterocycles. The Hall–Kier alpha value is -3.11. The van der Waals surface area contributed by atoms with E-state index in [1.165, 1.54) is 15.9 Å². The predicted octanol–water partition coefficient (Wildman–Crippen LogP) is 2.35. The molecule has 1 aromatic carbocycles. The summed E-state index contributed by atoms with van der Waals surface area (Å²) < 4.78 is 20.2. The van der Waals surface area contributed by atoms with Gasteiger partial charge in [-0.1, -0.05) is 11.6 Å². The molecule has 0 fully saturated rings. The molecule has 1 aliphatic rings. The number of benzene rings is 1. The Morgan fingerprint density at radius 3 is 3.00 bits per heavy atom. The maximum Gasteiger partial charge on any atom is 0.310 e. The Kier molecular flexibility index (Phi) is 4.59. The molecule has 154 valence electrons. The summed E-state index contributed by atoms with van der Waals surface area (Å²) in [7, 11) is 1.63. The van der Waals surface area contributed by atoms with E-state index in [-0.39, 0.29) is 18.6 Å². The molecular weight excluding hydrogens is 432 g/mol. The Bertz CT molecular complexity index is 1360. The molecular formula is C19H15ClN4O5S. The highest BCUT2D eigenvalue weighted by molar-refractivity contribution is 7.17. The summed E-state index contributed by atoms with van der Waals surface area (Å²) in [5.74, 6) is 1.36. The first-order valence-electron chi connectivity index (χ1n) is 9.07. The zero-order valence-electron chi connectivity index (χ0n) is 15.8. The molecule has 0 aliphatic carbocycles. The van der Waals surface area contributed by atoms with Gasteiger partial charge in [0.1, 0.15) is 17.9 Å². The zero-order valence-corrected chi connectivity index (χ0v) is 17.3. The number of ether oxygens (including phenoxy) is 3. The van der Waals surface area contributed by atoms with Crippen molar-refractivity contribution in [1.29, 1.82) is 0 Å². The van der Waals surface area contributed by atoms with Gasteiger partial charge in [0.25, 0.3) is 5.56 Å². The molecule has 0 radical (unpaired) electrons. The van der Waals surface area contributed by atoms with Gasteiger partial charge in [0.2, 0.25) is 5.78 Å². The normalized spacial score (nSPS) is 13.1. The number of esters is 1. The van der Waals surface area contributed by atoms with E-state index in [1.54, 1.807) is 23.6 Å². The topological polar surface area (TPSA) is 97.0 Å². The fourth-order valence-corrected chi connectivity index (χ4v) is 4.51. The van der Waals surface area contributed by atoms with Gasteiger partial charge in [-0.3, -0.25) is 18.6 Å². The Morgan fingerprint density at radius 1 is 1.30 bits per heavy atom. The lowest BCUT2D eigenvalue weighted by atomic mass is 10.1. The van der Waals surface area contributed by atoms with Crippen molar-refractivity contribution < 1.29 is 19.0 Å². The van der Waals surface area contributed by atoms with E-state index < -0.39 is 5.97 Å². The van der Waals surface area contributed by atoms with Crippen LogP contribution in [0.3, 0.4) is 0 Å². The van der Waals surface area contributed by atoms with Gasteiger partial charge in [-0.2, -0.15) is 0 Å². The zero-order chi connectivity index (χ0) is 20.8. The highest BCUT2D eigenvalue weighted by atomic mass is 35.5. The number of fused-ring (bicyclic) bond motifs is 4. The second kappa shape index (κ2) is 7.29. The monoisotopic (exact) mass is 446 g/mol. The Balaban J connectivity index is 1.37. The van der Waals surface area contributed by atoms with Crippen molar-refractivity contribution in [3.63, 3.8) is 0 Å². The van der Waals surface area contributed by atoms with Crippen molar-refractivity contribution in [2.45, 2.75) is 13.0 Å². The lowest BCUT2D eigenvalue weighted by molar-refractivity contribution is -0.144. The second-order valence-corrected chi connectivity index (χ2v) is 8.01. The van der Waals surface area contributed by atoms with Crippen LogP contribution in [-0.4, -0.2) is 38.3 Å². The van der Waals surface area contributed by atoms with Gasteiger partial charge in [-0.25, -0.2) is 0 Å². The fraction of sp³-hybridized carbons (Fsp3) is 0.263. The van der Waals surface area contributed by atoms with Gasteiger partial charge < -0.3 is 14.2 Å². The number of hydrogen-bond donors (Lipinski definition) is 0. The largest absolute Gasteiger partial charge is 0.486 e. The fourth-order valence-electron chi connectivity index (χ4n) is 3.38. The number of nitrogens with zero attached hydrogens (tertiary/aromatic N) is 4. The van der Waals surface area contributed by atoms with Crippen molar-refractivity contribution in [1.82, 2.24) is 19.2 Å². The SMILES string of the molecule is Cn1c(=O)c2sccc2n2c(COC(=O)Cc3cc(Cl)c4c(c3)OCCO4)nnc12. The minimum atomic E-state index is -0.453. The quantitative estimate of drug-likeness (QED) is 0.444. The van der Waals surface area contributed by atoms with Crippen LogP contribution in [-0.2, 0) is 29.6 Å². The van der Waals surface area contributed by atoms with Crippen LogP contribution in [0.5, 0.6) is 11.5 Å². The number of rotatable bonds is 4. The molecule has 4 aromatic rings. The van der Waals surface area contributed by atoms with Gasteiger partial charge in [0, 0.05) is 7.05 Å². The Morgan fingerprint density at radius 2 is 2.13 bits per heavy atom. The van der Waals surface area contributed by atoms with Crippen molar-refractivity contribution >= 4 is 44.9 Å². The summed E-state index contributed by atoms with van der Waals surface area (Å²) in [6.07, 6.45) is 0.0133. The van der Waals surface area contributed by atoms with Crippen LogP contribution in [0.25, 0.3) is 16.0 Å². The molecule has 0 N–H and O–H groups in total. The van der Waals surface area contributed by atoms with E-state index in [2.05, 4.69) is 10.2 Å². The van der Waals surface area contributed by atoms with Crippen molar-refractivity contribution in [3.05, 3.63) is 50.3 Å². The first kappa shape index (κ1) is 18.9. The third kappa shape index (κ3) is 3.08. The molecule has 0 amide bonds. The molecule has 0 saturated heterocycles. The van der Waals surface area contributed by atoms with E-state index >= 15 is 0 Å². The molecule has 0 unspecified atom stereocenters. The van der Waals surface area contributed by atoms with E-state index in [4.69, 9.17) is 25.8 Å². The third-order valence-electron chi connectivity index (χ3n) is 4.76. The Labute approximate surface area is 178 Å². The number of halogens is 1.